The average Bonchev–Trinajstić information content (AvgIpc) is 2.17. The van der Waals surface area contributed by atoms with E-state index in [1.54, 1.807) is 14.2 Å². The van der Waals surface area contributed by atoms with Gasteiger partial charge in [-0.05, 0) is 0 Å². The Morgan fingerprint density at radius 2 is 1.50 bits per heavy atom. The molecule has 0 aromatic heterocycles. The zero-order valence-electron chi connectivity index (χ0n) is 5.79. The maximum absolute atomic E-state index is 9.92. The van der Waals surface area contributed by atoms with Crippen molar-refractivity contribution in [2.75, 3.05) is 14.2 Å². The highest BCUT2D eigenvalue weighted by molar-refractivity contribution is 6.04. The van der Waals surface area contributed by atoms with Crippen LogP contribution in [0.3, 0.4) is 0 Å². The number of carbonyl (C=O) groups excluding carboxylic acids is 2. The van der Waals surface area contributed by atoms with Crippen molar-refractivity contribution >= 4 is 11.9 Å². The third-order valence-electron chi connectivity index (χ3n) is 0.557. The molecule has 1 aliphatic heterocycles. The second-order valence-electron chi connectivity index (χ2n) is 1.48. The molecular formula is C6H8O4. The largest absolute Gasteiger partial charge is 0.388 e. The van der Waals surface area contributed by atoms with Gasteiger partial charge in [-0.15, -0.1) is 0 Å². The van der Waals surface area contributed by atoms with Gasteiger partial charge in [0.2, 0.25) is 0 Å². The van der Waals surface area contributed by atoms with Gasteiger partial charge < -0.3 is 9.47 Å². The number of methoxy groups -OCH3 is 1. The molecule has 0 bridgehead atoms. The van der Waals surface area contributed by atoms with E-state index in [0.717, 1.165) is 12.2 Å². The van der Waals surface area contributed by atoms with Gasteiger partial charge in [0.15, 0.2) is 0 Å². The molecule has 0 spiro atoms. The van der Waals surface area contributed by atoms with E-state index < -0.39 is 11.9 Å². The first-order valence-electron chi connectivity index (χ1n) is 2.54. The van der Waals surface area contributed by atoms with Crippen LogP contribution in [0.1, 0.15) is 0 Å². The van der Waals surface area contributed by atoms with Crippen molar-refractivity contribution in [3.8, 4) is 0 Å². The minimum absolute atomic E-state index is 0.579. The minimum atomic E-state index is -0.579. The molecule has 0 atom stereocenters. The van der Waals surface area contributed by atoms with Gasteiger partial charge in [0.25, 0.3) is 0 Å². The standard InChI is InChI=1S/C4H2O3.C2H6O/c5-3-1-2-4(6)7-3;1-3-2/h1-2H;1-2H3. The maximum Gasteiger partial charge on any atom is 0.338 e. The lowest BCUT2D eigenvalue weighted by Crippen LogP contribution is -1.96. The Bertz CT molecular complexity index is 143. The van der Waals surface area contributed by atoms with Crippen LogP contribution in [-0.4, -0.2) is 26.2 Å². The predicted molar refractivity (Wildman–Crippen MR) is 33.2 cm³/mol. The zero-order valence-corrected chi connectivity index (χ0v) is 5.79. The Hall–Kier alpha value is -1.16. The second-order valence-corrected chi connectivity index (χ2v) is 1.48. The van der Waals surface area contributed by atoms with Gasteiger partial charge in [0, 0.05) is 26.4 Å². The number of cyclic esters (lactones) is 2. The van der Waals surface area contributed by atoms with Gasteiger partial charge in [0.05, 0.1) is 0 Å². The van der Waals surface area contributed by atoms with E-state index in [4.69, 9.17) is 0 Å². The maximum atomic E-state index is 9.92. The van der Waals surface area contributed by atoms with Crippen molar-refractivity contribution in [2.24, 2.45) is 0 Å². The van der Waals surface area contributed by atoms with Gasteiger partial charge in [-0.3, -0.25) is 0 Å². The van der Waals surface area contributed by atoms with E-state index >= 15 is 0 Å². The molecule has 0 radical (unpaired) electrons. The lowest BCUT2D eigenvalue weighted by molar-refractivity contribution is -0.150. The van der Waals surface area contributed by atoms with Gasteiger partial charge in [-0.2, -0.15) is 0 Å². The fourth-order valence-corrected chi connectivity index (χ4v) is 0.303. The van der Waals surface area contributed by atoms with Crippen molar-refractivity contribution in [3.63, 3.8) is 0 Å². The first-order chi connectivity index (χ1) is 4.70. The van der Waals surface area contributed by atoms with Crippen molar-refractivity contribution in [2.45, 2.75) is 0 Å². The highest BCUT2D eigenvalue weighted by Gasteiger charge is 2.10. The lowest BCUT2D eigenvalue weighted by atomic mass is 10.6. The van der Waals surface area contributed by atoms with E-state index in [9.17, 15) is 9.59 Å². The second kappa shape index (κ2) is 4.69. The van der Waals surface area contributed by atoms with Crippen LogP contribution in [0, 0.1) is 0 Å². The van der Waals surface area contributed by atoms with E-state index in [1.165, 1.54) is 0 Å². The molecule has 0 fully saturated rings. The van der Waals surface area contributed by atoms with Gasteiger partial charge in [0.1, 0.15) is 0 Å². The number of hydrogen-bond acceptors (Lipinski definition) is 4. The summed E-state index contributed by atoms with van der Waals surface area (Å²) in [5, 5.41) is 0. The summed E-state index contributed by atoms with van der Waals surface area (Å²) in [5.74, 6) is -1.16. The van der Waals surface area contributed by atoms with Crippen LogP contribution in [0.4, 0.5) is 0 Å². The van der Waals surface area contributed by atoms with Crippen LogP contribution in [-0.2, 0) is 19.1 Å². The topological polar surface area (TPSA) is 52.6 Å². The van der Waals surface area contributed by atoms with Gasteiger partial charge in [-0.1, -0.05) is 0 Å². The smallest absolute Gasteiger partial charge is 0.338 e. The van der Waals surface area contributed by atoms with E-state index in [-0.39, 0.29) is 0 Å². The highest BCUT2D eigenvalue weighted by Crippen LogP contribution is 1.92. The summed E-state index contributed by atoms with van der Waals surface area (Å²) in [6, 6.07) is 0. The van der Waals surface area contributed by atoms with Crippen LogP contribution in [0.25, 0.3) is 0 Å². The van der Waals surface area contributed by atoms with Crippen molar-refractivity contribution in [1.82, 2.24) is 0 Å². The summed E-state index contributed by atoms with van der Waals surface area (Å²) in [7, 11) is 3.25. The summed E-state index contributed by atoms with van der Waals surface area (Å²) in [6.45, 7) is 0. The molecule has 0 saturated carbocycles. The molecule has 4 heteroatoms. The Balaban J connectivity index is 0.000000236. The molecule has 0 saturated heterocycles. The Morgan fingerprint density at radius 1 is 1.20 bits per heavy atom. The first-order valence-corrected chi connectivity index (χ1v) is 2.54. The molecule has 0 unspecified atom stereocenters. The molecule has 1 aliphatic rings. The van der Waals surface area contributed by atoms with Crippen molar-refractivity contribution in [1.29, 1.82) is 0 Å². The quantitative estimate of drug-likeness (QED) is 0.351. The lowest BCUT2D eigenvalue weighted by Gasteiger charge is -1.80. The summed E-state index contributed by atoms with van der Waals surface area (Å²) in [6.07, 6.45) is 2.17. The molecule has 4 nitrogen and oxygen atoms in total. The SMILES string of the molecule is COC.O=C1C=CC(=O)O1. The Morgan fingerprint density at radius 3 is 1.60 bits per heavy atom. The van der Waals surface area contributed by atoms with E-state index in [1.807, 2.05) is 0 Å². The fourth-order valence-electron chi connectivity index (χ4n) is 0.303. The molecule has 1 rings (SSSR count). The summed E-state index contributed by atoms with van der Waals surface area (Å²) in [5.41, 5.74) is 0. The minimum Gasteiger partial charge on any atom is -0.388 e. The van der Waals surface area contributed by atoms with Crippen molar-refractivity contribution in [3.05, 3.63) is 12.2 Å². The van der Waals surface area contributed by atoms with Crippen LogP contribution in [0.5, 0.6) is 0 Å². The number of ether oxygens (including phenoxy) is 2. The third-order valence-corrected chi connectivity index (χ3v) is 0.557. The molecule has 0 aromatic rings. The molecule has 0 amide bonds. The summed E-state index contributed by atoms with van der Waals surface area (Å²) in [4.78, 5) is 19.8. The van der Waals surface area contributed by atoms with Gasteiger partial charge >= 0.3 is 11.9 Å². The first kappa shape index (κ1) is 8.84. The summed E-state index contributed by atoms with van der Waals surface area (Å²) >= 11 is 0. The number of rotatable bonds is 0. The molecule has 56 valence electrons. The molecule has 0 aliphatic carbocycles. The predicted octanol–water partition coefficient (Wildman–Crippen LogP) is -0.111. The van der Waals surface area contributed by atoms with Crippen LogP contribution in [0.2, 0.25) is 0 Å². The van der Waals surface area contributed by atoms with Crippen LogP contribution >= 0.6 is 0 Å². The number of esters is 2. The molecule has 1 heterocycles. The fraction of sp³-hybridized carbons (Fsp3) is 0.333. The van der Waals surface area contributed by atoms with Gasteiger partial charge in [-0.25, -0.2) is 9.59 Å². The molecular weight excluding hydrogens is 136 g/mol. The monoisotopic (exact) mass is 144 g/mol. The Kier molecular flexibility index (Phi) is 4.15. The normalized spacial score (nSPS) is 14.2. The van der Waals surface area contributed by atoms with Crippen LogP contribution < -0.4 is 0 Å². The average molecular weight is 144 g/mol. The third kappa shape index (κ3) is 3.80. The number of carbonyl (C=O) groups is 2. The summed E-state index contributed by atoms with van der Waals surface area (Å²) < 4.78 is 8.22. The van der Waals surface area contributed by atoms with E-state index in [2.05, 4.69) is 9.47 Å². The van der Waals surface area contributed by atoms with Crippen molar-refractivity contribution < 1.29 is 19.1 Å². The zero-order chi connectivity index (χ0) is 7.98. The number of hydrogen-bond donors (Lipinski definition) is 0. The van der Waals surface area contributed by atoms with E-state index in [0.29, 0.717) is 0 Å². The molecule has 0 aromatic carbocycles. The molecule has 10 heavy (non-hydrogen) atoms. The Labute approximate surface area is 58.4 Å². The highest BCUT2D eigenvalue weighted by atomic mass is 16.6. The van der Waals surface area contributed by atoms with Crippen LogP contribution in [0.15, 0.2) is 12.2 Å². The molecule has 0 N–H and O–H groups in total.